The lowest BCUT2D eigenvalue weighted by atomic mass is 10.1. The van der Waals surface area contributed by atoms with Gasteiger partial charge >= 0.3 is 0 Å². The van der Waals surface area contributed by atoms with E-state index in [-0.39, 0.29) is 30.7 Å². The van der Waals surface area contributed by atoms with E-state index in [1.807, 2.05) is 42.5 Å². The Morgan fingerprint density at radius 2 is 1.97 bits per heavy atom. The number of imidazole rings is 1. The number of anilines is 1. The summed E-state index contributed by atoms with van der Waals surface area (Å²) in [4.78, 5) is 28.7. The molecule has 1 heterocycles. The van der Waals surface area contributed by atoms with Crippen LogP contribution in [-0.4, -0.2) is 38.8 Å². The fraction of sp³-hybridized carbons (Fsp3) is 0.190. The van der Waals surface area contributed by atoms with Crippen LogP contribution in [0.25, 0.3) is 10.8 Å². The van der Waals surface area contributed by atoms with Gasteiger partial charge in [0.15, 0.2) is 5.16 Å². The van der Waals surface area contributed by atoms with Gasteiger partial charge in [-0.1, -0.05) is 54.2 Å². The smallest absolute Gasteiger partial charge is 0.240 e. The molecule has 0 aliphatic heterocycles. The first-order valence-electron chi connectivity index (χ1n) is 9.05. The molecule has 150 valence electrons. The van der Waals surface area contributed by atoms with Crippen molar-refractivity contribution in [1.29, 1.82) is 0 Å². The number of fused-ring (bicyclic) bond motifs is 1. The Kier molecular flexibility index (Phi) is 7.04. The largest absolute Gasteiger partial charge is 0.390 e. The van der Waals surface area contributed by atoms with Crippen LogP contribution in [0.5, 0.6) is 0 Å². The molecule has 0 saturated heterocycles. The molecule has 2 aromatic carbocycles. The van der Waals surface area contributed by atoms with Crippen LogP contribution in [-0.2, 0) is 22.7 Å². The second kappa shape index (κ2) is 9.90. The second-order valence-corrected chi connectivity index (χ2v) is 7.18. The van der Waals surface area contributed by atoms with E-state index in [4.69, 9.17) is 0 Å². The SMILES string of the molecule is C=CCNC(=O)Cn1c(CO)cnc1SCC(=O)Nc1cccc2ccccc12. The molecule has 0 atom stereocenters. The van der Waals surface area contributed by atoms with Gasteiger partial charge in [0.1, 0.15) is 6.54 Å². The summed E-state index contributed by atoms with van der Waals surface area (Å²) in [6, 6.07) is 13.6. The Bertz CT molecular complexity index is 1030. The number of aliphatic hydroxyl groups excluding tert-OH is 1. The highest BCUT2D eigenvalue weighted by Gasteiger charge is 2.15. The fourth-order valence-corrected chi connectivity index (χ4v) is 3.64. The molecule has 0 unspecified atom stereocenters. The van der Waals surface area contributed by atoms with Crippen LogP contribution in [0.3, 0.4) is 0 Å². The number of aliphatic hydroxyl groups is 1. The molecule has 1 aromatic heterocycles. The Morgan fingerprint density at radius 3 is 2.76 bits per heavy atom. The van der Waals surface area contributed by atoms with Crippen LogP contribution in [0, 0.1) is 0 Å². The Labute approximate surface area is 172 Å². The molecule has 0 aliphatic carbocycles. The van der Waals surface area contributed by atoms with Gasteiger partial charge in [0, 0.05) is 17.6 Å². The molecule has 3 aromatic rings. The Morgan fingerprint density at radius 1 is 1.17 bits per heavy atom. The first kappa shape index (κ1) is 20.6. The minimum atomic E-state index is -0.246. The molecular weight excluding hydrogens is 388 g/mol. The van der Waals surface area contributed by atoms with Crippen LogP contribution in [0.1, 0.15) is 5.69 Å². The number of benzene rings is 2. The van der Waals surface area contributed by atoms with Gasteiger partial charge in [-0.05, 0) is 11.5 Å². The quantitative estimate of drug-likeness (QED) is 0.372. The standard InChI is InChI=1S/C21H22N4O3S/c1-2-10-22-19(27)12-25-16(13-26)11-23-21(25)29-14-20(28)24-18-9-5-7-15-6-3-4-8-17(15)18/h2-9,11,26H,1,10,12-14H2,(H,22,27)(H,24,28). The second-order valence-electron chi connectivity index (χ2n) is 6.23. The summed E-state index contributed by atoms with van der Waals surface area (Å²) in [6.07, 6.45) is 3.10. The van der Waals surface area contributed by atoms with Gasteiger partial charge in [-0.25, -0.2) is 4.98 Å². The monoisotopic (exact) mass is 410 g/mol. The maximum absolute atomic E-state index is 12.5. The van der Waals surface area contributed by atoms with E-state index in [9.17, 15) is 14.7 Å². The molecule has 0 bridgehead atoms. The van der Waals surface area contributed by atoms with Crippen molar-refractivity contribution in [2.45, 2.75) is 18.3 Å². The fourth-order valence-electron chi connectivity index (χ4n) is 2.84. The van der Waals surface area contributed by atoms with Crippen molar-refractivity contribution in [3.05, 3.63) is 67.0 Å². The first-order chi connectivity index (χ1) is 14.1. The van der Waals surface area contributed by atoms with Gasteiger partial charge in [0.05, 0.1) is 24.3 Å². The van der Waals surface area contributed by atoms with E-state index in [0.29, 0.717) is 17.4 Å². The van der Waals surface area contributed by atoms with Crippen molar-refractivity contribution < 1.29 is 14.7 Å². The molecule has 0 fully saturated rings. The van der Waals surface area contributed by atoms with Gasteiger partial charge in [0.25, 0.3) is 0 Å². The molecule has 0 aliphatic rings. The van der Waals surface area contributed by atoms with Gasteiger partial charge in [-0.3, -0.25) is 9.59 Å². The molecule has 8 heteroatoms. The van der Waals surface area contributed by atoms with E-state index >= 15 is 0 Å². The molecule has 0 saturated carbocycles. The third-order valence-corrected chi connectivity index (χ3v) is 5.20. The summed E-state index contributed by atoms with van der Waals surface area (Å²) in [6.45, 7) is 3.69. The molecule has 0 radical (unpaired) electrons. The van der Waals surface area contributed by atoms with E-state index in [1.54, 1.807) is 10.6 Å². The van der Waals surface area contributed by atoms with Crippen LogP contribution in [0.15, 0.2) is 66.5 Å². The van der Waals surface area contributed by atoms with Crippen LogP contribution in [0.4, 0.5) is 5.69 Å². The van der Waals surface area contributed by atoms with Crippen molar-refractivity contribution >= 4 is 40.0 Å². The number of amides is 2. The van der Waals surface area contributed by atoms with Crippen LogP contribution >= 0.6 is 11.8 Å². The molecule has 2 amide bonds. The van der Waals surface area contributed by atoms with Crippen molar-refractivity contribution in [3.8, 4) is 0 Å². The Balaban J connectivity index is 1.66. The van der Waals surface area contributed by atoms with Crippen molar-refractivity contribution in [1.82, 2.24) is 14.9 Å². The topological polar surface area (TPSA) is 96.2 Å². The van der Waals surface area contributed by atoms with E-state index in [0.717, 1.165) is 16.5 Å². The molecular formula is C21H22N4O3S. The Hall–Kier alpha value is -3.10. The van der Waals surface area contributed by atoms with Crippen LogP contribution in [0.2, 0.25) is 0 Å². The van der Waals surface area contributed by atoms with E-state index < -0.39 is 0 Å². The predicted molar refractivity (Wildman–Crippen MR) is 115 cm³/mol. The lowest BCUT2D eigenvalue weighted by molar-refractivity contribution is -0.121. The summed E-state index contributed by atoms with van der Waals surface area (Å²) >= 11 is 1.21. The number of carbonyl (C=O) groups excluding carboxylic acids is 2. The van der Waals surface area contributed by atoms with Gasteiger partial charge in [0.2, 0.25) is 11.8 Å². The van der Waals surface area contributed by atoms with Crippen molar-refractivity contribution in [2.75, 3.05) is 17.6 Å². The van der Waals surface area contributed by atoms with Crippen LogP contribution < -0.4 is 10.6 Å². The zero-order valence-electron chi connectivity index (χ0n) is 15.8. The summed E-state index contributed by atoms with van der Waals surface area (Å²) in [5, 5.41) is 17.6. The van der Waals surface area contributed by atoms with Crippen molar-refractivity contribution in [3.63, 3.8) is 0 Å². The zero-order chi connectivity index (χ0) is 20.6. The number of hydrogen-bond donors (Lipinski definition) is 3. The highest BCUT2D eigenvalue weighted by molar-refractivity contribution is 7.99. The lowest BCUT2D eigenvalue weighted by Gasteiger charge is -2.11. The number of nitrogens with zero attached hydrogens (tertiary/aromatic N) is 2. The zero-order valence-corrected chi connectivity index (χ0v) is 16.6. The van der Waals surface area contributed by atoms with Gasteiger partial charge < -0.3 is 20.3 Å². The predicted octanol–water partition coefficient (Wildman–Crippen LogP) is 2.56. The third kappa shape index (κ3) is 5.24. The average molecular weight is 410 g/mol. The molecule has 0 spiro atoms. The van der Waals surface area contributed by atoms with E-state index in [2.05, 4.69) is 22.2 Å². The maximum Gasteiger partial charge on any atom is 0.240 e. The summed E-state index contributed by atoms with van der Waals surface area (Å²) in [5.41, 5.74) is 1.26. The number of aromatic nitrogens is 2. The number of rotatable bonds is 9. The molecule has 29 heavy (non-hydrogen) atoms. The summed E-state index contributed by atoms with van der Waals surface area (Å²) in [7, 11) is 0. The number of hydrogen-bond acceptors (Lipinski definition) is 5. The van der Waals surface area contributed by atoms with Gasteiger partial charge in [-0.2, -0.15) is 0 Å². The first-order valence-corrected chi connectivity index (χ1v) is 10.0. The minimum absolute atomic E-state index is 0.0109. The number of nitrogens with one attached hydrogen (secondary N) is 2. The number of carbonyl (C=O) groups is 2. The van der Waals surface area contributed by atoms with Gasteiger partial charge in [-0.15, -0.1) is 6.58 Å². The number of thioether (sulfide) groups is 1. The molecule has 7 nitrogen and oxygen atoms in total. The lowest BCUT2D eigenvalue weighted by Crippen LogP contribution is -2.28. The molecule has 3 rings (SSSR count). The summed E-state index contributed by atoms with van der Waals surface area (Å²) < 4.78 is 1.61. The van der Waals surface area contributed by atoms with Crippen molar-refractivity contribution in [2.24, 2.45) is 0 Å². The minimum Gasteiger partial charge on any atom is -0.390 e. The highest BCUT2D eigenvalue weighted by atomic mass is 32.2. The normalized spacial score (nSPS) is 10.7. The summed E-state index contributed by atoms with van der Waals surface area (Å²) in [5.74, 6) is -0.276. The average Bonchev–Trinajstić information content (AvgIpc) is 3.12. The highest BCUT2D eigenvalue weighted by Crippen LogP contribution is 2.24. The molecule has 3 N–H and O–H groups in total. The third-order valence-electron chi connectivity index (χ3n) is 4.20. The maximum atomic E-state index is 12.5. The van der Waals surface area contributed by atoms with E-state index in [1.165, 1.54) is 18.0 Å².